The van der Waals surface area contributed by atoms with Gasteiger partial charge >= 0.3 is 0 Å². The minimum atomic E-state index is 0.501. The minimum absolute atomic E-state index is 0.501. The van der Waals surface area contributed by atoms with E-state index in [1.807, 2.05) is 0 Å². The summed E-state index contributed by atoms with van der Waals surface area (Å²) < 4.78 is 2.26. The van der Waals surface area contributed by atoms with E-state index in [0.29, 0.717) is 5.41 Å². The Kier molecular flexibility index (Phi) is 3.87. The molecule has 0 spiro atoms. The van der Waals surface area contributed by atoms with Crippen molar-refractivity contribution in [3.63, 3.8) is 0 Å². The van der Waals surface area contributed by atoms with Crippen LogP contribution in [-0.2, 0) is 6.54 Å². The van der Waals surface area contributed by atoms with Crippen molar-refractivity contribution in [3.8, 4) is 0 Å². The van der Waals surface area contributed by atoms with Crippen molar-refractivity contribution >= 4 is 16.3 Å². The summed E-state index contributed by atoms with van der Waals surface area (Å²) in [7, 11) is 0. The second kappa shape index (κ2) is 5.49. The van der Waals surface area contributed by atoms with Crippen LogP contribution < -0.4 is 5.32 Å². The molecule has 0 bridgehead atoms. The molecule has 20 heavy (non-hydrogen) atoms. The van der Waals surface area contributed by atoms with Gasteiger partial charge in [0.2, 0.25) is 0 Å². The first-order valence-electron chi connectivity index (χ1n) is 7.72. The van der Waals surface area contributed by atoms with E-state index in [4.69, 9.17) is 0 Å². The van der Waals surface area contributed by atoms with E-state index in [1.54, 1.807) is 11.3 Å². The maximum atomic E-state index is 4.66. The molecule has 0 saturated heterocycles. The molecule has 1 saturated carbocycles. The largest absolute Gasteiger partial charge is 0.311 e. The Hall–Kier alpha value is -0.870. The molecule has 0 atom stereocenters. The van der Waals surface area contributed by atoms with E-state index in [0.717, 1.165) is 23.7 Å². The Morgan fingerprint density at radius 1 is 1.30 bits per heavy atom. The van der Waals surface area contributed by atoms with Crippen LogP contribution in [0.25, 0.3) is 4.96 Å². The van der Waals surface area contributed by atoms with Crippen molar-refractivity contribution in [1.29, 1.82) is 0 Å². The van der Waals surface area contributed by atoms with Crippen molar-refractivity contribution in [3.05, 3.63) is 22.5 Å². The molecule has 2 heterocycles. The van der Waals surface area contributed by atoms with Crippen molar-refractivity contribution < 1.29 is 0 Å². The number of fused-ring (bicyclic) bond motifs is 1. The first-order chi connectivity index (χ1) is 9.57. The van der Waals surface area contributed by atoms with Gasteiger partial charge in [0.05, 0.1) is 11.4 Å². The Labute approximate surface area is 125 Å². The number of thiazole rings is 1. The van der Waals surface area contributed by atoms with Gasteiger partial charge in [0.1, 0.15) is 0 Å². The Balaban J connectivity index is 1.66. The molecule has 4 heteroatoms. The summed E-state index contributed by atoms with van der Waals surface area (Å²) in [6, 6.07) is 0. The fourth-order valence-corrected chi connectivity index (χ4v) is 4.28. The summed E-state index contributed by atoms with van der Waals surface area (Å²) >= 11 is 1.77. The van der Waals surface area contributed by atoms with Crippen LogP contribution in [0.3, 0.4) is 0 Å². The molecular weight excluding hydrogens is 266 g/mol. The molecule has 1 aliphatic rings. The Bertz CT molecular complexity index is 590. The van der Waals surface area contributed by atoms with E-state index in [9.17, 15) is 0 Å². The lowest BCUT2D eigenvalue weighted by Gasteiger charge is -2.33. The Morgan fingerprint density at radius 2 is 2.05 bits per heavy atom. The third kappa shape index (κ3) is 2.77. The number of aryl methyl sites for hydroxylation is 2. The normalized spacial score (nSPS) is 18.8. The molecular formula is C16H25N3S. The predicted molar refractivity (Wildman–Crippen MR) is 85.4 cm³/mol. The van der Waals surface area contributed by atoms with E-state index >= 15 is 0 Å². The number of imidazole rings is 1. The molecule has 2 aromatic heterocycles. The molecule has 2 aromatic rings. The van der Waals surface area contributed by atoms with Crippen LogP contribution in [0.2, 0.25) is 0 Å². The smallest absolute Gasteiger partial charge is 0.194 e. The van der Waals surface area contributed by atoms with E-state index in [-0.39, 0.29) is 0 Å². The molecule has 1 N–H and O–H groups in total. The van der Waals surface area contributed by atoms with Crippen molar-refractivity contribution in [1.82, 2.24) is 14.7 Å². The van der Waals surface area contributed by atoms with Crippen LogP contribution >= 0.6 is 11.3 Å². The van der Waals surface area contributed by atoms with Crippen molar-refractivity contribution in [2.75, 3.05) is 6.54 Å². The SMILES string of the molecule is Cc1cn2c(CNCC3(C)CCCCC3)c(C)nc2s1. The zero-order chi connectivity index (χ0) is 14.2. The molecule has 0 amide bonds. The molecule has 0 radical (unpaired) electrons. The number of rotatable bonds is 4. The lowest BCUT2D eigenvalue weighted by atomic mass is 9.76. The molecule has 3 rings (SSSR count). The van der Waals surface area contributed by atoms with Gasteiger partial charge in [-0.3, -0.25) is 4.40 Å². The molecule has 0 unspecified atom stereocenters. The zero-order valence-corrected chi connectivity index (χ0v) is 13.6. The van der Waals surface area contributed by atoms with Gasteiger partial charge in [-0.05, 0) is 32.1 Å². The second-order valence-corrected chi connectivity index (χ2v) is 7.83. The molecule has 3 nitrogen and oxygen atoms in total. The van der Waals surface area contributed by atoms with Gasteiger partial charge < -0.3 is 5.32 Å². The number of nitrogens with one attached hydrogen (secondary N) is 1. The topological polar surface area (TPSA) is 29.3 Å². The van der Waals surface area contributed by atoms with Crippen LogP contribution in [0.1, 0.15) is 55.3 Å². The lowest BCUT2D eigenvalue weighted by Crippen LogP contribution is -2.33. The summed E-state index contributed by atoms with van der Waals surface area (Å²) in [5.74, 6) is 0. The summed E-state index contributed by atoms with van der Waals surface area (Å²) in [6.07, 6.45) is 9.18. The van der Waals surface area contributed by atoms with Crippen LogP contribution in [0.5, 0.6) is 0 Å². The summed E-state index contributed by atoms with van der Waals surface area (Å²) in [4.78, 5) is 7.11. The van der Waals surface area contributed by atoms with Crippen LogP contribution in [-0.4, -0.2) is 15.9 Å². The third-order valence-corrected chi connectivity index (χ3v) is 5.54. The van der Waals surface area contributed by atoms with E-state index < -0.39 is 0 Å². The average molecular weight is 291 g/mol. The van der Waals surface area contributed by atoms with Gasteiger partial charge in [-0.2, -0.15) is 0 Å². The quantitative estimate of drug-likeness (QED) is 0.920. The van der Waals surface area contributed by atoms with Gasteiger partial charge in [0.25, 0.3) is 0 Å². The monoisotopic (exact) mass is 291 g/mol. The summed E-state index contributed by atoms with van der Waals surface area (Å²) in [6.45, 7) is 8.76. The summed E-state index contributed by atoms with van der Waals surface area (Å²) in [5.41, 5.74) is 2.99. The van der Waals surface area contributed by atoms with Gasteiger partial charge in [-0.1, -0.05) is 26.2 Å². The highest BCUT2D eigenvalue weighted by atomic mass is 32.1. The maximum Gasteiger partial charge on any atom is 0.194 e. The number of hydrogen-bond acceptors (Lipinski definition) is 3. The van der Waals surface area contributed by atoms with E-state index in [2.05, 4.69) is 41.7 Å². The van der Waals surface area contributed by atoms with Gasteiger partial charge in [0, 0.05) is 24.2 Å². The fourth-order valence-electron chi connectivity index (χ4n) is 3.39. The lowest BCUT2D eigenvalue weighted by molar-refractivity contribution is 0.207. The zero-order valence-electron chi connectivity index (χ0n) is 12.8. The van der Waals surface area contributed by atoms with Crippen LogP contribution in [0.15, 0.2) is 6.20 Å². The maximum absolute atomic E-state index is 4.66. The number of hydrogen-bond donors (Lipinski definition) is 1. The molecule has 110 valence electrons. The first-order valence-corrected chi connectivity index (χ1v) is 8.54. The number of nitrogens with zero attached hydrogens (tertiary/aromatic N) is 2. The highest BCUT2D eigenvalue weighted by Crippen LogP contribution is 2.35. The molecule has 0 aromatic carbocycles. The average Bonchev–Trinajstić information content (AvgIpc) is 2.87. The van der Waals surface area contributed by atoms with Crippen LogP contribution in [0.4, 0.5) is 0 Å². The van der Waals surface area contributed by atoms with Gasteiger partial charge in [-0.15, -0.1) is 11.3 Å². The summed E-state index contributed by atoms with van der Waals surface area (Å²) in [5, 5.41) is 3.68. The third-order valence-electron chi connectivity index (χ3n) is 4.65. The number of aromatic nitrogens is 2. The Morgan fingerprint density at radius 3 is 2.80 bits per heavy atom. The minimum Gasteiger partial charge on any atom is -0.311 e. The van der Waals surface area contributed by atoms with Gasteiger partial charge in [0.15, 0.2) is 4.96 Å². The fraction of sp³-hybridized carbons (Fsp3) is 0.688. The van der Waals surface area contributed by atoms with Crippen molar-refractivity contribution in [2.45, 2.75) is 59.4 Å². The highest BCUT2D eigenvalue weighted by molar-refractivity contribution is 7.17. The second-order valence-electron chi connectivity index (χ2n) is 6.61. The standard InChI is InChI=1S/C16H25N3S/c1-12-10-19-14(13(2)18-15(19)20-12)9-17-11-16(3)7-5-4-6-8-16/h10,17H,4-9,11H2,1-3H3. The van der Waals surface area contributed by atoms with Crippen LogP contribution in [0, 0.1) is 19.3 Å². The molecule has 0 aliphatic heterocycles. The first kappa shape index (κ1) is 14.1. The van der Waals surface area contributed by atoms with Gasteiger partial charge in [-0.25, -0.2) is 4.98 Å². The van der Waals surface area contributed by atoms with E-state index in [1.165, 1.54) is 42.7 Å². The molecule has 1 fully saturated rings. The molecule has 1 aliphatic carbocycles. The predicted octanol–water partition coefficient (Wildman–Crippen LogP) is 4.07. The van der Waals surface area contributed by atoms with Crippen molar-refractivity contribution in [2.24, 2.45) is 5.41 Å². The highest BCUT2D eigenvalue weighted by Gasteiger charge is 2.26.